The fraction of sp³-hybridized carbons (Fsp3) is 0.462. The summed E-state index contributed by atoms with van der Waals surface area (Å²) in [5, 5.41) is 2.94. The molecule has 1 N–H and O–H groups in total. The van der Waals surface area contributed by atoms with Crippen LogP contribution < -0.4 is 5.32 Å². The Morgan fingerprint density at radius 2 is 2.06 bits per heavy atom. The molecule has 16 heavy (non-hydrogen) atoms. The van der Waals surface area contributed by atoms with Crippen LogP contribution in [0.1, 0.15) is 24.4 Å². The van der Waals surface area contributed by atoms with Crippen molar-refractivity contribution in [2.24, 2.45) is 0 Å². The Morgan fingerprint density at radius 3 is 2.81 bits per heavy atom. The van der Waals surface area contributed by atoms with E-state index in [1.54, 1.807) is 0 Å². The number of rotatable bonds is 1. The van der Waals surface area contributed by atoms with Gasteiger partial charge in [0.1, 0.15) is 0 Å². The van der Waals surface area contributed by atoms with Gasteiger partial charge in [-0.25, -0.2) is 0 Å². The van der Waals surface area contributed by atoms with Crippen molar-refractivity contribution in [3.8, 4) is 0 Å². The summed E-state index contributed by atoms with van der Waals surface area (Å²) in [5.74, 6) is 0.153. The Kier molecular flexibility index (Phi) is 3.57. The molecule has 0 bridgehead atoms. The van der Waals surface area contributed by atoms with Crippen molar-refractivity contribution < 1.29 is 4.79 Å². The number of carbonyl (C=O) groups is 1. The first-order valence-electron chi connectivity index (χ1n) is 5.79. The third-order valence-corrected chi connectivity index (χ3v) is 3.10. The van der Waals surface area contributed by atoms with Gasteiger partial charge in [0.25, 0.3) is 0 Å². The maximum absolute atomic E-state index is 11.6. The average Bonchev–Trinajstić information content (AvgIpc) is 2.30. The van der Waals surface area contributed by atoms with Crippen LogP contribution in [0.25, 0.3) is 0 Å². The molecular weight excluding hydrogens is 200 g/mol. The van der Waals surface area contributed by atoms with E-state index in [1.165, 1.54) is 5.56 Å². The van der Waals surface area contributed by atoms with Crippen LogP contribution in [0.2, 0.25) is 0 Å². The predicted molar refractivity (Wildman–Crippen MR) is 64.1 cm³/mol. The zero-order valence-corrected chi connectivity index (χ0v) is 9.65. The highest BCUT2D eigenvalue weighted by Gasteiger charge is 2.21. The van der Waals surface area contributed by atoms with Crippen LogP contribution in [0.15, 0.2) is 30.3 Å². The first-order valence-corrected chi connectivity index (χ1v) is 5.79. The number of amides is 1. The average molecular weight is 218 g/mol. The zero-order valence-electron chi connectivity index (χ0n) is 9.65. The van der Waals surface area contributed by atoms with Gasteiger partial charge >= 0.3 is 0 Å². The zero-order chi connectivity index (χ0) is 11.4. The van der Waals surface area contributed by atoms with Crippen LogP contribution in [0.3, 0.4) is 0 Å². The quantitative estimate of drug-likeness (QED) is 0.776. The summed E-state index contributed by atoms with van der Waals surface area (Å²) >= 11 is 0. The molecule has 1 amide bonds. The van der Waals surface area contributed by atoms with Crippen molar-refractivity contribution in [3.63, 3.8) is 0 Å². The Morgan fingerprint density at radius 1 is 1.31 bits per heavy atom. The second kappa shape index (κ2) is 5.12. The minimum Gasteiger partial charge on any atom is -0.356 e. The van der Waals surface area contributed by atoms with Gasteiger partial charge in [0, 0.05) is 25.6 Å². The van der Waals surface area contributed by atoms with E-state index in [0.717, 1.165) is 19.5 Å². The number of hydrogen-bond donors (Lipinski definition) is 1. The minimum atomic E-state index is 0.153. The molecule has 1 aromatic rings. The lowest BCUT2D eigenvalue weighted by atomic mass is 10.0. The molecule has 1 heterocycles. The first kappa shape index (κ1) is 11.1. The van der Waals surface area contributed by atoms with Gasteiger partial charge in [0.2, 0.25) is 5.91 Å². The van der Waals surface area contributed by atoms with E-state index < -0.39 is 0 Å². The van der Waals surface area contributed by atoms with E-state index in [1.807, 2.05) is 18.2 Å². The van der Waals surface area contributed by atoms with E-state index in [2.05, 4.69) is 29.4 Å². The maximum Gasteiger partial charge on any atom is 0.221 e. The number of hydrogen-bond acceptors (Lipinski definition) is 2. The van der Waals surface area contributed by atoms with Crippen molar-refractivity contribution in [3.05, 3.63) is 35.9 Å². The summed E-state index contributed by atoms with van der Waals surface area (Å²) in [5.41, 5.74) is 1.22. The number of nitrogens with zero attached hydrogens (tertiary/aromatic N) is 1. The molecule has 1 aliphatic rings. The van der Waals surface area contributed by atoms with E-state index in [0.29, 0.717) is 6.42 Å². The van der Waals surface area contributed by atoms with Crippen molar-refractivity contribution >= 4 is 5.91 Å². The minimum absolute atomic E-state index is 0.153. The van der Waals surface area contributed by atoms with Crippen LogP contribution in [0.5, 0.6) is 0 Å². The fourth-order valence-corrected chi connectivity index (χ4v) is 2.16. The van der Waals surface area contributed by atoms with Gasteiger partial charge in [0.05, 0.1) is 0 Å². The van der Waals surface area contributed by atoms with E-state index in [4.69, 9.17) is 0 Å². The van der Waals surface area contributed by atoms with Gasteiger partial charge in [-0.15, -0.1) is 0 Å². The highest BCUT2D eigenvalue weighted by Crippen LogP contribution is 2.23. The van der Waals surface area contributed by atoms with Crippen LogP contribution in [0.4, 0.5) is 0 Å². The lowest BCUT2D eigenvalue weighted by Crippen LogP contribution is -2.37. The van der Waals surface area contributed by atoms with Crippen LogP contribution in [0, 0.1) is 0 Å². The second-order valence-electron chi connectivity index (χ2n) is 4.31. The van der Waals surface area contributed by atoms with E-state index >= 15 is 0 Å². The van der Waals surface area contributed by atoms with Gasteiger partial charge < -0.3 is 5.32 Å². The van der Waals surface area contributed by atoms with Gasteiger partial charge in [-0.05, 0) is 19.0 Å². The molecule has 2 rings (SSSR count). The molecule has 1 aromatic carbocycles. The number of nitrogens with one attached hydrogen (secondary N) is 1. The Bertz CT molecular complexity index is 350. The fourth-order valence-electron chi connectivity index (χ4n) is 2.16. The van der Waals surface area contributed by atoms with Crippen LogP contribution in [-0.4, -0.2) is 30.9 Å². The molecule has 86 valence electrons. The predicted octanol–water partition coefficient (Wildman–Crippen LogP) is 1.57. The molecule has 0 radical (unpaired) electrons. The van der Waals surface area contributed by atoms with Crippen molar-refractivity contribution in [2.75, 3.05) is 20.1 Å². The highest BCUT2D eigenvalue weighted by atomic mass is 16.1. The summed E-state index contributed by atoms with van der Waals surface area (Å²) < 4.78 is 0. The lowest BCUT2D eigenvalue weighted by Gasteiger charge is -2.30. The van der Waals surface area contributed by atoms with Gasteiger partial charge in [-0.1, -0.05) is 30.3 Å². The van der Waals surface area contributed by atoms with E-state index in [9.17, 15) is 4.79 Å². The van der Waals surface area contributed by atoms with Crippen molar-refractivity contribution in [2.45, 2.75) is 18.9 Å². The summed E-state index contributed by atoms with van der Waals surface area (Å²) in [6.07, 6.45) is 1.58. The second-order valence-corrected chi connectivity index (χ2v) is 4.31. The molecule has 1 saturated heterocycles. The topological polar surface area (TPSA) is 32.3 Å². The number of carbonyl (C=O) groups excluding carboxylic acids is 1. The molecule has 0 aliphatic carbocycles. The maximum atomic E-state index is 11.6. The molecule has 0 spiro atoms. The molecule has 3 nitrogen and oxygen atoms in total. The van der Waals surface area contributed by atoms with Crippen molar-refractivity contribution in [1.29, 1.82) is 0 Å². The first-order chi connectivity index (χ1) is 7.77. The summed E-state index contributed by atoms with van der Waals surface area (Å²) in [6, 6.07) is 10.5. The van der Waals surface area contributed by atoms with Gasteiger partial charge in [0.15, 0.2) is 0 Å². The van der Waals surface area contributed by atoms with Crippen LogP contribution in [-0.2, 0) is 4.79 Å². The molecular formula is C13H18N2O. The third-order valence-electron chi connectivity index (χ3n) is 3.10. The van der Waals surface area contributed by atoms with E-state index in [-0.39, 0.29) is 11.9 Å². The van der Waals surface area contributed by atoms with Gasteiger partial charge in [-0.2, -0.15) is 0 Å². The molecule has 1 aliphatic heterocycles. The lowest BCUT2D eigenvalue weighted by molar-refractivity contribution is -0.122. The molecule has 1 fully saturated rings. The smallest absolute Gasteiger partial charge is 0.221 e. The third kappa shape index (κ3) is 2.61. The largest absolute Gasteiger partial charge is 0.356 e. The van der Waals surface area contributed by atoms with Gasteiger partial charge in [-0.3, -0.25) is 9.69 Å². The molecule has 0 aromatic heterocycles. The standard InChI is InChI=1S/C13H18N2O/c1-15-9-5-8-14-13(16)10-12(15)11-6-3-2-4-7-11/h2-4,6-7,12H,5,8-10H2,1H3,(H,14,16)/t12-/m0/s1. The number of benzene rings is 1. The summed E-state index contributed by atoms with van der Waals surface area (Å²) in [4.78, 5) is 13.9. The Hall–Kier alpha value is -1.35. The SMILES string of the molecule is CN1CCCNC(=O)C[C@H]1c1ccccc1. The molecule has 1 atom stereocenters. The highest BCUT2D eigenvalue weighted by molar-refractivity contribution is 5.76. The molecule has 3 heteroatoms. The molecule has 0 unspecified atom stereocenters. The summed E-state index contributed by atoms with van der Waals surface area (Å²) in [7, 11) is 2.09. The Balaban J connectivity index is 2.18. The van der Waals surface area contributed by atoms with Crippen molar-refractivity contribution in [1.82, 2.24) is 10.2 Å². The Labute approximate surface area is 96.5 Å². The summed E-state index contributed by atoms with van der Waals surface area (Å²) in [6.45, 7) is 1.82. The normalized spacial score (nSPS) is 23.3. The van der Waals surface area contributed by atoms with Crippen LogP contribution >= 0.6 is 0 Å². The monoisotopic (exact) mass is 218 g/mol. The molecule has 0 saturated carbocycles.